The highest BCUT2D eigenvalue weighted by Crippen LogP contribution is 2.21. The van der Waals surface area contributed by atoms with Gasteiger partial charge in [-0.3, -0.25) is 14.6 Å². The molecule has 0 spiro atoms. The van der Waals surface area contributed by atoms with E-state index in [0.717, 1.165) is 11.3 Å². The highest BCUT2D eigenvalue weighted by atomic mass is 32.2. The Kier molecular flexibility index (Phi) is 5.32. The van der Waals surface area contributed by atoms with Crippen molar-refractivity contribution in [3.05, 3.63) is 104 Å². The lowest BCUT2D eigenvalue weighted by atomic mass is 10.1. The number of rotatable bonds is 5. The summed E-state index contributed by atoms with van der Waals surface area (Å²) >= 11 is 0. The summed E-state index contributed by atoms with van der Waals surface area (Å²) in [6, 6.07) is 17.6. The van der Waals surface area contributed by atoms with Crippen LogP contribution in [0.1, 0.15) is 16.8 Å². The summed E-state index contributed by atoms with van der Waals surface area (Å²) in [5, 5.41) is 0. The van der Waals surface area contributed by atoms with Crippen LogP contribution < -0.4 is 11.1 Å². The van der Waals surface area contributed by atoms with Crippen LogP contribution in [0.15, 0.2) is 81.3 Å². The number of aryl methyl sites for hydroxylation is 2. The Balaban J connectivity index is 1.62. The zero-order chi connectivity index (χ0) is 22.2. The predicted octanol–water partition coefficient (Wildman–Crippen LogP) is 2.20. The van der Waals surface area contributed by atoms with Crippen molar-refractivity contribution in [1.29, 1.82) is 0 Å². The third-order valence-electron chi connectivity index (χ3n) is 5.31. The highest BCUT2D eigenvalue weighted by molar-refractivity contribution is 7.90. The zero-order valence-electron chi connectivity index (χ0n) is 17.1. The van der Waals surface area contributed by atoms with Crippen LogP contribution in [0, 0.1) is 0 Å². The first-order valence-corrected chi connectivity index (χ1v) is 11.3. The standard InChI is InChI=1S/C23H21N3O4S/c1-25-20-11-10-19(14-21(20)26(2)23(28)22(25)27)31(29,30)15-17-8-6-16(7-9-17)13-18-5-3-4-12-24-18/h3-12,14H,13,15H2,1-2H3. The Bertz CT molecular complexity index is 1490. The van der Waals surface area contributed by atoms with Gasteiger partial charge in [-0.2, -0.15) is 0 Å². The van der Waals surface area contributed by atoms with Crippen molar-refractivity contribution >= 4 is 20.9 Å². The van der Waals surface area contributed by atoms with Crippen molar-refractivity contribution < 1.29 is 8.42 Å². The largest absolute Gasteiger partial charge is 0.316 e. The molecule has 2 aromatic heterocycles. The van der Waals surface area contributed by atoms with Crippen molar-refractivity contribution in [2.45, 2.75) is 17.1 Å². The molecule has 0 fully saturated rings. The monoisotopic (exact) mass is 435 g/mol. The van der Waals surface area contributed by atoms with Crippen molar-refractivity contribution in [3.8, 4) is 0 Å². The van der Waals surface area contributed by atoms with E-state index in [9.17, 15) is 18.0 Å². The average Bonchev–Trinajstić information content (AvgIpc) is 2.77. The minimum absolute atomic E-state index is 0.103. The lowest BCUT2D eigenvalue weighted by Gasteiger charge is -2.11. The smallest absolute Gasteiger partial charge is 0.305 e. The molecule has 0 atom stereocenters. The highest BCUT2D eigenvalue weighted by Gasteiger charge is 2.18. The minimum Gasteiger partial charge on any atom is -0.305 e. The molecule has 2 aromatic carbocycles. The quantitative estimate of drug-likeness (QED) is 0.448. The lowest BCUT2D eigenvalue weighted by Crippen LogP contribution is -2.39. The van der Waals surface area contributed by atoms with E-state index in [2.05, 4.69) is 4.98 Å². The maximum absolute atomic E-state index is 13.0. The van der Waals surface area contributed by atoms with Crippen LogP contribution in [-0.4, -0.2) is 22.5 Å². The molecule has 0 aliphatic rings. The van der Waals surface area contributed by atoms with Crippen LogP contribution in [0.3, 0.4) is 0 Å². The summed E-state index contributed by atoms with van der Waals surface area (Å²) in [4.78, 5) is 28.5. The molecular weight excluding hydrogens is 414 g/mol. The molecule has 0 bridgehead atoms. The molecule has 0 saturated heterocycles. The summed E-state index contributed by atoms with van der Waals surface area (Å²) in [5.74, 6) is -0.165. The van der Waals surface area contributed by atoms with Crippen molar-refractivity contribution in [2.75, 3.05) is 0 Å². The summed E-state index contributed by atoms with van der Waals surface area (Å²) in [5.41, 5.74) is 2.17. The molecule has 4 rings (SSSR count). The number of nitrogens with zero attached hydrogens (tertiary/aromatic N) is 3. The molecule has 31 heavy (non-hydrogen) atoms. The fourth-order valence-electron chi connectivity index (χ4n) is 3.52. The number of aromatic nitrogens is 3. The molecule has 0 unspecified atom stereocenters. The van der Waals surface area contributed by atoms with Gasteiger partial charge in [0.25, 0.3) is 0 Å². The van der Waals surface area contributed by atoms with Gasteiger partial charge in [0.15, 0.2) is 9.84 Å². The number of benzene rings is 2. The van der Waals surface area contributed by atoms with Gasteiger partial charge in [-0.1, -0.05) is 30.3 Å². The van der Waals surface area contributed by atoms with Gasteiger partial charge < -0.3 is 9.13 Å². The second-order valence-corrected chi connectivity index (χ2v) is 9.44. The van der Waals surface area contributed by atoms with E-state index in [-0.39, 0.29) is 10.6 Å². The first kappa shape index (κ1) is 20.7. The first-order valence-electron chi connectivity index (χ1n) is 9.66. The van der Waals surface area contributed by atoms with E-state index in [4.69, 9.17) is 0 Å². The van der Waals surface area contributed by atoms with Crippen molar-refractivity contribution in [1.82, 2.24) is 14.1 Å². The fourth-order valence-corrected chi connectivity index (χ4v) is 4.89. The van der Waals surface area contributed by atoms with Crippen LogP contribution in [0.25, 0.3) is 11.0 Å². The van der Waals surface area contributed by atoms with E-state index >= 15 is 0 Å². The van der Waals surface area contributed by atoms with Gasteiger partial charge in [0.2, 0.25) is 0 Å². The SMILES string of the molecule is Cn1c(=O)c(=O)n(C)c2cc(S(=O)(=O)Cc3ccc(Cc4ccccn4)cc3)ccc21. The summed E-state index contributed by atoms with van der Waals surface area (Å²) in [7, 11) is -0.690. The predicted molar refractivity (Wildman–Crippen MR) is 119 cm³/mol. The minimum atomic E-state index is -3.64. The van der Waals surface area contributed by atoms with Crippen molar-refractivity contribution in [2.24, 2.45) is 14.1 Å². The number of pyridine rings is 1. The van der Waals surface area contributed by atoms with E-state index in [1.807, 2.05) is 30.3 Å². The van der Waals surface area contributed by atoms with Gasteiger partial charge in [-0.15, -0.1) is 0 Å². The average molecular weight is 436 g/mol. The maximum atomic E-state index is 13.0. The van der Waals surface area contributed by atoms with E-state index < -0.39 is 21.0 Å². The lowest BCUT2D eigenvalue weighted by molar-refractivity contribution is 0.595. The van der Waals surface area contributed by atoms with Gasteiger partial charge in [0, 0.05) is 32.4 Å². The summed E-state index contributed by atoms with van der Waals surface area (Å²) in [6.07, 6.45) is 2.42. The van der Waals surface area contributed by atoms with Gasteiger partial charge in [-0.25, -0.2) is 8.42 Å². The third-order valence-corrected chi connectivity index (χ3v) is 7.00. The molecule has 0 N–H and O–H groups in total. The zero-order valence-corrected chi connectivity index (χ0v) is 18.0. The van der Waals surface area contributed by atoms with E-state index in [0.29, 0.717) is 23.0 Å². The fraction of sp³-hybridized carbons (Fsp3) is 0.174. The van der Waals surface area contributed by atoms with Crippen LogP contribution in [-0.2, 0) is 36.1 Å². The van der Waals surface area contributed by atoms with Crippen molar-refractivity contribution in [3.63, 3.8) is 0 Å². The Morgan fingerprint density at radius 3 is 2.10 bits per heavy atom. The molecule has 8 heteroatoms. The van der Waals surface area contributed by atoms with Crippen LogP contribution in [0.5, 0.6) is 0 Å². The summed E-state index contributed by atoms with van der Waals surface area (Å²) in [6.45, 7) is 0. The second-order valence-electron chi connectivity index (χ2n) is 7.45. The number of sulfone groups is 1. The van der Waals surface area contributed by atoms with Crippen LogP contribution >= 0.6 is 0 Å². The van der Waals surface area contributed by atoms with Crippen LogP contribution in [0.4, 0.5) is 0 Å². The normalized spacial score (nSPS) is 11.7. The number of fused-ring (bicyclic) bond motifs is 1. The molecule has 158 valence electrons. The molecule has 0 amide bonds. The Labute approximate surface area is 179 Å². The molecular formula is C23H21N3O4S. The molecule has 0 aliphatic heterocycles. The number of hydrogen-bond acceptors (Lipinski definition) is 5. The Hall–Kier alpha value is -3.52. The second kappa shape index (κ2) is 7.96. The Morgan fingerprint density at radius 1 is 0.806 bits per heavy atom. The van der Waals surface area contributed by atoms with Gasteiger partial charge in [-0.05, 0) is 41.5 Å². The van der Waals surface area contributed by atoms with Crippen LogP contribution in [0.2, 0.25) is 0 Å². The molecule has 0 radical (unpaired) electrons. The maximum Gasteiger partial charge on any atom is 0.316 e. The Morgan fingerprint density at radius 2 is 1.45 bits per heavy atom. The molecule has 7 nitrogen and oxygen atoms in total. The summed E-state index contributed by atoms with van der Waals surface area (Å²) < 4.78 is 28.4. The molecule has 2 heterocycles. The molecule has 0 saturated carbocycles. The van der Waals surface area contributed by atoms with E-state index in [1.165, 1.54) is 35.4 Å². The van der Waals surface area contributed by atoms with Gasteiger partial charge in [0.05, 0.1) is 21.7 Å². The first-order chi connectivity index (χ1) is 14.8. The van der Waals surface area contributed by atoms with E-state index in [1.54, 1.807) is 24.4 Å². The van der Waals surface area contributed by atoms with Gasteiger partial charge >= 0.3 is 11.1 Å². The van der Waals surface area contributed by atoms with Gasteiger partial charge in [0.1, 0.15) is 0 Å². The molecule has 4 aromatic rings. The number of hydrogen-bond donors (Lipinski definition) is 0. The topological polar surface area (TPSA) is 91.0 Å². The molecule has 0 aliphatic carbocycles. The third kappa shape index (κ3) is 4.06.